The number of amides is 1. The number of aryl methyl sites for hydroxylation is 1. The number of carbonyl (C=O) groups is 2. The first-order chi connectivity index (χ1) is 18.5. The number of rotatable bonds is 12. The maximum atomic E-state index is 12.1. The fourth-order valence-electron chi connectivity index (χ4n) is 4.27. The number of allylic oxidation sites excluding steroid dienone is 1. The normalized spacial score (nSPS) is 17.1. The van der Waals surface area contributed by atoms with Crippen molar-refractivity contribution in [3.63, 3.8) is 0 Å². The number of carboxylic acid groups (broad SMARTS) is 1. The smallest absolute Gasteiger partial charge is 0.408 e. The van der Waals surface area contributed by atoms with Gasteiger partial charge in [0.05, 0.1) is 12.7 Å². The molecule has 0 saturated heterocycles. The third-order valence-corrected chi connectivity index (χ3v) is 6.33. The number of pyridine rings is 1. The lowest BCUT2D eigenvalue weighted by Gasteiger charge is -2.23. The van der Waals surface area contributed by atoms with E-state index in [1.807, 2.05) is 48.6 Å². The van der Waals surface area contributed by atoms with E-state index in [1.54, 1.807) is 0 Å². The highest BCUT2D eigenvalue weighted by Gasteiger charge is 2.23. The zero-order valence-electron chi connectivity index (χ0n) is 21.1. The standard InChI is InChI=1S/C28H33N5O5/c29-16-21-15-23(37-14-12-22-9-8-20-7-4-13-30-26(20)32-22)10-11-24(21)31-17-25(27(34)35)33-28(36)38-18-19-5-2-1-3-6-19/h1-3,5-6,8-9,11,15-16,23,25,29,31H,4,7,10,12-14,17-18H2,(H,30,32)(H,33,36)(H,34,35). The van der Waals surface area contributed by atoms with E-state index in [0.717, 1.165) is 36.5 Å². The second-order valence-corrected chi connectivity index (χ2v) is 9.10. The summed E-state index contributed by atoms with van der Waals surface area (Å²) < 4.78 is 11.1. The second kappa shape index (κ2) is 13.4. The van der Waals surface area contributed by atoms with Crippen molar-refractivity contribution in [1.29, 1.82) is 5.41 Å². The Morgan fingerprint density at radius 1 is 1.24 bits per heavy atom. The highest BCUT2D eigenvalue weighted by atomic mass is 16.5. The summed E-state index contributed by atoms with van der Waals surface area (Å²) >= 11 is 0. The van der Waals surface area contributed by atoms with Gasteiger partial charge in [-0.05, 0) is 42.5 Å². The molecule has 38 heavy (non-hydrogen) atoms. The molecule has 2 aliphatic rings. The zero-order valence-corrected chi connectivity index (χ0v) is 21.1. The number of aromatic nitrogens is 1. The van der Waals surface area contributed by atoms with Gasteiger partial charge in [-0.1, -0.05) is 42.5 Å². The van der Waals surface area contributed by atoms with Crippen LogP contribution in [0.1, 0.15) is 29.7 Å². The Hall–Kier alpha value is -4.18. The minimum Gasteiger partial charge on any atom is -0.480 e. The van der Waals surface area contributed by atoms with Gasteiger partial charge in [0.1, 0.15) is 18.5 Å². The molecule has 1 aromatic carbocycles. The number of fused-ring (bicyclic) bond motifs is 1. The Bertz CT molecular complexity index is 1200. The molecule has 4 rings (SSSR count). The van der Waals surface area contributed by atoms with E-state index in [4.69, 9.17) is 19.9 Å². The number of carboxylic acids is 1. The van der Waals surface area contributed by atoms with Crippen LogP contribution in [-0.4, -0.2) is 60.2 Å². The van der Waals surface area contributed by atoms with Crippen molar-refractivity contribution >= 4 is 24.1 Å². The summed E-state index contributed by atoms with van der Waals surface area (Å²) in [6, 6.07) is 12.1. The van der Waals surface area contributed by atoms with Crippen molar-refractivity contribution in [1.82, 2.24) is 15.6 Å². The van der Waals surface area contributed by atoms with Crippen LogP contribution >= 0.6 is 0 Å². The number of benzene rings is 1. The number of hydrogen-bond donors (Lipinski definition) is 5. The van der Waals surface area contributed by atoms with Gasteiger partial charge in [-0.15, -0.1) is 0 Å². The Morgan fingerprint density at radius 2 is 2.08 bits per heavy atom. The maximum Gasteiger partial charge on any atom is 0.408 e. The molecule has 0 spiro atoms. The number of hydrogen-bond acceptors (Lipinski definition) is 8. The summed E-state index contributed by atoms with van der Waals surface area (Å²) in [7, 11) is 0. The van der Waals surface area contributed by atoms with Gasteiger partial charge in [0.25, 0.3) is 0 Å². The Balaban J connectivity index is 1.23. The third kappa shape index (κ3) is 7.66. The van der Waals surface area contributed by atoms with Crippen molar-refractivity contribution in [2.45, 2.75) is 44.4 Å². The molecule has 0 saturated carbocycles. The van der Waals surface area contributed by atoms with Crippen LogP contribution in [0.4, 0.5) is 10.6 Å². The number of ether oxygens (including phenoxy) is 2. The largest absolute Gasteiger partial charge is 0.480 e. The van der Waals surface area contributed by atoms with E-state index < -0.39 is 18.1 Å². The molecule has 10 nitrogen and oxygen atoms in total. The molecule has 2 heterocycles. The summed E-state index contributed by atoms with van der Waals surface area (Å²) in [5.41, 5.74) is 4.23. The average molecular weight is 520 g/mol. The van der Waals surface area contributed by atoms with Crippen LogP contribution in [0.25, 0.3) is 0 Å². The first-order valence-corrected chi connectivity index (χ1v) is 12.7. The quantitative estimate of drug-likeness (QED) is 0.269. The van der Waals surface area contributed by atoms with Crippen LogP contribution in [0.3, 0.4) is 0 Å². The molecule has 0 fully saturated rings. The van der Waals surface area contributed by atoms with Crippen LogP contribution in [0.15, 0.2) is 65.9 Å². The average Bonchev–Trinajstić information content (AvgIpc) is 2.94. The van der Waals surface area contributed by atoms with Gasteiger partial charge < -0.3 is 35.9 Å². The van der Waals surface area contributed by atoms with E-state index in [-0.39, 0.29) is 19.3 Å². The van der Waals surface area contributed by atoms with E-state index in [2.05, 4.69) is 22.0 Å². The Labute approximate surface area is 221 Å². The van der Waals surface area contributed by atoms with Gasteiger partial charge in [0.2, 0.25) is 0 Å². The molecule has 0 bridgehead atoms. The van der Waals surface area contributed by atoms with Gasteiger partial charge >= 0.3 is 12.1 Å². The monoisotopic (exact) mass is 519 g/mol. The third-order valence-electron chi connectivity index (χ3n) is 6.33. The SMILES string of the molecule is N=CC1=CC(OCCc2ccc3c(n2)NCCC3)CC=C1NCC(NC(=O)OCc1ccccc1)C(=O)O. The summed E-state index contributed by atoms with van der Waals surface area (Å²) in [6.45, 7) is 1.41. The van der Waals surface area contributed by atoms with Gasteiger partial charge in [-0.25, -0.2) is 14.6 Å². The molecule has 0 radical (unpaired) electrons. The highest BCUT2D eigenvalue weighted by molar-refractivity contribution is 5.83. The predicted octanol–water partition coefficient (Wildman–Crippen LogP) is 3.20. The zero-order chi connectivity index (χ0) is 26.7. The molecule has 2 unspecified atom stereocenters. The van der Waals surface area contributed by atoms with Crippen molar-refractivity contribution in [3.05, 3.63) is 82.7 Å². The molecule has 2 atom stereocenters. The molecule has 200 valence electrons. The van der Waals surface area contributed by atoms with Gasteiger partial charge in [0.15, 0.2) is 0 Å². The molecule has 5 N–H and O–H groups in total. The van der Waals surface area contributed by atoms with E-state index in [0.29, 0.717) is 30.7 Å². The topological polar surface area (TPSA) is 146 Å². The lowest BCUT2D eigenvalue weighted by atomic mass is 10.0. The first-order valence-electron chi connectivity index (χ1n) is 12.7. The van der Waals surface area contributed by atoms with E-state index >= 15 is 0 Å². The number of carbonyl (C=O) groups excluding carboxylic acids is 1. The Morgan fingerprint density at radius 3 is 2.87 bits per heavy atom. The van der Waals surface area contributed by atoms with Crippen LogP contribution in [0, 0.1) is 5.41 Å². The maximum absolute atomic E-state index is 12.1. The van der Waals surface area contributed by atoms with Crippen molar-refractivity contribution in [2.24, 2.45) is 0 Å². The van der Waals surface area contributed by atoms with Gasteiger partial charge in [0, 0.05) is 42.7 Å². The predicted molar refractivity (Wildman–Crippen MR) is 143 cm³/mol. The molecule has 1 aromatic heterocycles. The number of nitrogens with one attached hydrogen (secondary N) is 4. The summed E-state index contributed by atoms with van der Waals surface area (Å²) in [5.74, 6) is -0.229. The summed E-state index contributed by atoms with van der Waals surface area (Å²) in [5, 5.41) is 26.1. The molecule has 1 aliphatic heterocycles. The fraction of sp³-hybridized carbons (Fsp3) is 0.357. The van der Waals surface area contributed by atoms with E-state index in [9.17, 15) is 14.7 Å². The number of aliphatic carboxylic acids is 1. The fourth-order valence-corrected chi connectivity index (χ4v) is 4.27. The Kier molecular flexibility index (Phi) is 9.47. The molecule has 1 amide bonds. The van der Waals surface area contributed by atoms with Crippen LogP contribution in [-0.2, 0) is 33.7 Å². The lowest BCUT2D eigenvalue weighted by molar-refractivity contribution is -0.139. The van der Waals surface area contributed by atoms with Crippen molar-refractivity contribution in [3.8, 4) is 0 Å². The van der Waals surface area contributed by atoms with E-state index in [1.165, 1.54) is 11.8 Å². The summed E-state index contributed by atoms with van der Waals surface area (Å²) in [4.78, 5) is 28.5. The van der Waals surface area contributed by atoms with Crippen LogP contribution < -0.4 is 16.0 Å². The number of alkyl carbamates (subject to hydrolysis) is 1. The molecule has 1 aliphatic carbocycles. The van der Waals surface area contributed by atoms with Gasteiger partial charge in [-0.3, -0.25) is 0 Å². The number of anilines is 1. The van der Waals surface area contributed by atoms with Crippen molar-refractivity contribution in [2.75, 3.05) is 25.0 Å². The van der Waals surface area contributed by atoms with Crippen LogP contribution in [0.5, 0.6) is 0 Å². The number of nitrogens with zero attached hydrogens (tertiary/aromatic N) is 1. The van der Waals surface area contributed by atoms with Crippen molar-refractivity contribution < 1.29 is 24.2 Å². The van der Waals surface area contributed by atoms with Gasteiger partial charge in [-0.2, -0.15) is 0 Å². The minimum atomic E-state index is -1.21. The minimum absolute atomic E-state index is 0.0408. The second-order valence-electron chi connectivity index (χ2n) is 9.10. The molecular weight excluding hydrogens is 486 g/mol. The lowest BCUT2D eigenvalue weighted by Crippen LogP contribution is -2.47. The molecule has 10 heteroatoms. The molecular formula is C28H33N5O5. The highest BCUT2D eigenvalue weighted by Crippen LogP contribution is 2.21. The van der Waals surface area contributed by atoms with Crippen LogP contribution in [0.2, 0.25) is 0 Å². The molecule has 2 aromatic rings. The summed E-state index contributed by atoms with van der Waals surface area (Å²) in [6.07, 6.45) is 7.32. The first kappa shape index (κ1) is 26.9.